The molecule has 1 unspecified atom stereocenters. The third-order valence-corrected chi connectivity index (χ3v) is 9.38. The molecule has 0 radical (unpaired) electrons. The Hall–Kier alpha value is -1.26. The Labute approximate surface area is 235 Å². The Kier molecular flexibility index (Phi) is 12.5. The highest BCUT2D eigenvalue weighted by atomic mass is 32.2. The van der Waals surface area contributed by atoms with E-state index in [1.54, 1.807) is 0 Å². The SMILES string of the molecule is CC(C)C(=O)C[S+](C)C1CCCCC1.O=S(=O)([O-])C(F)(F)C(F)(F)C(F)(F)C(F)(F)C(F)(F)C(F)(F)C(F)(F)C(F)(F)F. The van der Waals surface area contributed by atoms with E-state index in [1.165, 1.54) is 32.1 Å². The van der Waals surface area contributed by atoms with Gasteiger partial charge in [0.1, 0.15) is 5.25 Å². The molecule has 1 fully saturated rings. The molecule has 23 heteroatoms. The molecule has 0 saturated heterocycles. The van der Waals surface area contributed by atoms with Crippen LogP contribution in [0.4, 0.5) is 74.6 Å². The number of hydrogen-bond acceptors (Lipinski definition) is 4. The number of carbonyl (C=O) groups is 1. The summed E-state index contributed by atoms with van der Waals surface area (Å²) in [6.45, 7) is 4.03. The largest absolute Gasteiger partial charge is 0.743 e. The van der Waals surface area contributed by atoms with Crippen molar-refractivity contribution in [1.82, 2.24) is 0 Å². The van der Waals surface area contributed by atoms with Gasteiger partial charge in [0.25, 0.3) is 0 Å². The van der Waals surface area contributed by atoms with Crippen LogP contribution < -0.4 is 0 Å². The van der Waals surface area contributed by atoms with Crippen LogP contribution in [0, 0.1) is 5.92 Å². The third kappa shape index (κ3) is 7.43. The Bertz CT molecular complexity index is 1070. The summed E-state index contributed by atoms with van der Waals surface area (Å²) in [5, 5.41) is -7.10. The van der Waals surface area contributed by atoms with Crippen molar-refractivity contribution in [2.24, 2.45) is 5.92 Å². The molecule has 0 aliphatic heterocycles. The van der Waals surface area contributed by atoms with Crippen LogP contribution in [-0.2, 0) is 25.8 Å². The van der Waals surface area contributed by atoms with Crippen LogP contribution in [-0.4, -0.2) is 83.0 Å². The minimum absolute atomic E-state index is 0.230. The summed E-state index contributed by atoms with van der Waals surface area (Å²) in [6, 6.07) is 0. The molecule has 0 amide bonds. The van der Waals surface area contributed by atoms with Crippen molar-refractivity contribution in [3.8, 4) is 0 Å². The molecule has 0 N–H and O–H groups in total. The fourth-order valence-electron chi connectivity index (χ4n) is 3.28. The minimum Gasteiger partial charge on any atom is -0.743 e. The first-order valence-corrected chi connectivity index (χ1v) is 14.7. The molecule has 1 atom stereocenters. The van der Waals surface area contributed by atoms with Crippen LogP contribution in [0.2, 0.25) is 0 Å². The van der Waals surface area contributed by atoms with Gasteiger partial charge in [-0.05, 0) is 36.6 Å². The van der Waals surface area contributed by atoms with E-state index in [-0.39, 0.29) is 5.92 Å². The first kappa shape index (κ1) is 41.7. The van der Waals surface area contributed by atoms with E-state index >= 15 is 0 Å². The second kappa shape index (κ2) is 12.9. The van der Waals surface area contributed by atoms with Crippen LogP contribution in [0.1, 0.15) is 46.0 Å². The van der Waals surface area contributed by atoms with Crippen molar-refractivity contribution in [2.45, 2.75) is 98.2 Å². The van der Waals surface area contributed by atoms with Crippen LogP contribution in [0.15, 0.2) is 0 Å². The summed E-state index contributed by atoms with van der Waals surface area (Å²) >= 11 is 0. The Balaban J connectivity index is 0.00000104. The minimum atomic E-state index is -8.92. The molecule has 1 aliphatic carbocycles. The van der Waals surface area contributed by atoms with Gasteiger partial charge < -0.3 is 4.55 Å². The van der Waals surface area contributed by atoms with E-state index in [4.69, 9.17) is 0 Å². The number of carbonyl (C=O) groups excluding carboxylic acids is 1. The summed E-state index contributed by atoms with van der Waals surface area (Å²) in [4.78, 5) is 11.6. The monoisotopic (exact) mass is 714 g/mol. The first-order chi connectivity index (χ1) is 18.6. The quantitative estimate of drug-likeness (QED) is 0.128. The van der Waals surface area contributed by atoms with Gasteiger partial charge >= 0.3 is 47.0 Å². The van der Waals surface area contributed by atoms with Crippen molar-refractivity contribution in [3.63, 3.8) is 0 Å². The molecule has 1 aliphatic rings. The zero-order valence-electron chi connectivity index (χ0n) is 21.8. The summed E-state index contributed by atoms with van der Waals surface area (Å²) in [5.41, 5.74) is 0. The van der Waals surface area contributed by atoms with Gasteiger partial charge in [0.05, 0.1) is 6.26 Å². The van der Waals surface area contributed by atoms with E-state index in [9.17, 15) is 92.4 Å². The Morgan fingerprint density at radius 3 is 1.30 bits per heavy atom. The lowest BCUT2D eigenvalue weighted by Crippen LogP contribution is -2.75. The lowest BCUT2D eigenvalue weighted by molar-refractivity contribution is -0.458. The predicted molar refractivity (Wildman–Crippen MR) is 115 cm³/mol. The number of ketones is 1. The van der Waals surface area contributed by atoms with E-state index in [1.807, 2.05) is 13.8 Å². The third-order valence-electron chi connectivity index (χ3n) is 6.14. The van der Waals surface area contributed by atoms with Crippen molar-refractivity contribution in [1.29, 1.82) is 0 Å². The Morgan fingerprint density at radius 1 is 0.674 bits per heavy atom. The van der Waals surface area contributed by atoms with Gasteiger partial charge in [-0.15, -0.1) is 0 Å². The van der Waals surface area contributed by atoms with Crippen molar-refractivity contribution in [3.05, 3.63) is 0 Å². The van der Waals surface area contributed by atoms with Crippen LogP contribution in [0.25, 0.3) is 0 Å². The number of hydrogen-bond donors (Lipinski definition) is 0. The highest BCUT2D eigenvalue weighted by molar-refractivity contribution is 7.97. The van der Waals surface area contributed by atoms with E-state index < -0.39 is 57.1 Å². The lowest BCUT2D eigenvalue weighted by Gasteiger charge is -2.42. The topological polar surface area (TPSA) is 74.3 Å². The van der Waals surface area contributed by atoms with Gasteiger partial charge in [-0.3, -0.25) is 4.79 Å². The van der Waals surface area contributed by atoms with Gasteiger partial charge in [-0.25, -0.2) is 8.42 Å². The molecule has 0 bridgehead atoms. The maximum absolute atomic E-state index is 13.0. The normalized spacial score (nSPS) is 18.3. The number of halogens is 17. The highest BCUT2D eigenvalue weighted by Crippen LogP contribution is 2.64. The molecule has 0 spiro atoms. The van der Waals surface area contributed by atoms with Crippen LogP contribution in [0.5, 0.6) is 0 Å². The number of rotatable bonds is 11. The molecular weight excluding hydrogens is 691 g/mol. The predicted octanol–water partition coefficient (Wildman–Crippen LogP) is 7.29. The van der Waals surface area contributed by atoms with Crippen LogP contribution in [0.3, 0.4) is 0 Å². The molecule has 43 heavy (non-hydrogen) atoms. The van der Waals surface area contributed by atoms with Crippen molar-refractivity contribution >= 4 is 26.8 Å². The van der Waals surface area contributed by atoms with Crippen molar-refractivity contribution in [2.75, 3.05) is 12.0 Å². The molecular formula is C20H23F17O4S2. The lowest BCUT2D eigenvalue weighted by atomic mass is 9.91. The number of alkyl halides is 17. The summed E-state index contributed by atoms with van der Waals surface area (Å²) in [6.07, 6.45) is 1.31. The molecule has 0 aromatic heterocycles. The second-order valence-corrected chi connectivity index (χ2v) is 13.4. The van der Waals surface area contributed by atoms with E-state index in [0.29, 0.717) is 16.7 Å². The van der Waals surface area contributed by atoms with Gasteiger partial charge in [-0.2, -0.15) is 74.6 Å². The van der Waals surface area contributed by atoms with Gasteiger partial charge in [0.2, 0.25) is 0 Å². The van der Waals surface area contributed by atoms with E-state index in [2.05, 4.69) is 6.26 Å². The van der Waals surface area contributed by atoms with Crippen LogP contribution >= 0.6 is 0 Å². The van der Waals surface area contributed by atoms with Crippen molar-refractivity contribution < 1.29 is 92.4 Å². The second-order valence-electron chi connectivity index (χ2n) is 9.63. The summed E-state index contributed by atoms with van der Waals surface area (Å²) in [7, 11) is -7.80. The molecule has 0 aromatic rings. The van der Waals surface area contributed by atoms with E-state index in [0.717, 1.165) is 11.0 Å². The smallest absolute Gasteiger partial charge is 0.460 e. The molecule has 4 nitrogen and oxygen atoms in total. The van der Waals surface area contributed by atoms with Gasteiger partial charge in [-0.1, -0.05) is 20.3 Å². The summed E-state index contributed by atoms with van der Waals surface area (Å²) in [5.74, 6) is -50.6. The molecule has 0 aromatic carbocycles. The summed E-state index contributed by atoms with van der Waals surface area (Å²) < 4.78 is 244. The Morgan fingerprint density at radius 2 is 1.00 bits per heavy atom. The zero-order chi connectivity index (χ0) is 35.1. The molecule has 0 heterocycles. The molecule has 258 valence electrons. The fraction of sp³-hybridized carbons (Fsp3) is 0.950. The molecule has 1 saturated carbocycles. The average Bonchev–Trinajstić information content (AvgIpc) is 2.82. The maximum atomic E-state index is 13.0. The maximum Gasteiger partial charge on any atom is 0.460 e. The standard InChI is InChI=1S/C12H23OS.C8HF17O3S/c1-10(2)12(13)9-14(3)11-7-5-4-6-8-11;9-1(10,3(13,14)5(17,18)7(21,22)23)2(11,12)4(15,16)6(19,20)8(24,25)29(26,27)28/h10-11H,4-9H2,1-3H3;(H,26,27,28)/q+1;/p-1. The zero-order valence-corrected chi connectivity index (χ0v) is 23.4. The number of Topliss-reactive ketones (excluding diaryl/α,β-unsaturated/α-hetero) is 1. The van der Waals surface area contributed by atoms with Gasteiger partial charge in [0, 0.05) is 5.92 Å². The average molecular weight is 715 g/mol. The molecule has 1 rings (SSSR count). The highest BCUT2D eigenvalue weighted by Gasteiger charge is 2.95. The first-order valence-electron chi connectivity index (χ1n) is 11.4. The van der Waals surface area contributed by atoms with Gasteiger partial charge in [0.15, 0.2) is 21.7 Å². The fourth-order valence-corrected chi connectivity index (χ4v) is 5.88.